The Balaban J connectivity index is 1.53. The molecule has 2 heterocycles. The fourth-order valence-electron chi connectivity index (χ4n) is 3.55. The lowest BCUT2D eigenvalue weighted by Crippen LogP contribution is -2.33. The van der Waals surface area contributed by atoms with Gasteiger partial charge in [0.1, 0.15) is 23.2 Å². The molecule has 0 aromatic heterocycles. The number of amides is 2. The number of anilines is 1. The quantitative estimate of drug-likeness (QED) is 0.710. The molecule has 32 heavy (non-hydrogen) atoms. The summed E-state index contributed by atoms with van der Waals surface area (Å²) in [5, 5.41) is 12.0. The first kappa shape index (κ1) is 21.2. The highest BCUT2D eigenvalue weighted by Crippen LogP contribution is 2.31. The number of rotatable bonds is 4. The van der Waals surface area contributed by atoms with Crippen LogP contribution in [-0.4, -0.2) is 48.9 Å². The summed E-state index contributed by atoms with van der Waals surface area (Å²) in [6.07, 6.45) is -0.565. The molecule has 9 heteroatoms. The highest BCUT2D eigenvalue weighted by atomic mass is 19.1. The van der Waals surface area contributed by atoms with Crippen LogP contribution < -0.4 is 15.0 Å². The highest BCUT2D eigenvalue weighted by Gasteiger charge is 2.32. The Morgan fingerprint density at radius 1 is 1.28 bits per heavy atom. The van der Waals surface area contributed by atoms with Gasteiger partial charge in [-0.05, 0) is 35.9 Å². The van der Waals surface area contributed by atoms with Gasteiger partial charge in [0.2, 0.25) is 5.91 Å². The molecule has 0 radical (unpaired) electrons. The van der Waals surface area contributed by atoms with Crippen molar-refractivity contribution >= 4 is 23.7 Å². The zero-order valence-corrected chi connectivity index (χ0v) is 17.1. The number of ether oxygens (including phenoxy) is 2. The van der Waals surface area contributed by atoms with E-state index in [-0.39, 0.29) is 30.1 Å². The van der Waals surface area contributed by atoms with Crippen LogP contribution >= 0.6 is 0 Å². The van der Waals surface area contributed by atoms with Crippen LogP contribution in [0.5, 0.6) is 5.75 Å². The molecule has 1 atom stereocenters. The fourth-order valence-corrected chi connectivity index (χ4v) is 3.55. The number of hydrogen-bond donors (Lipinski definition) is 2. The minimum absolute atomic E-state index is 0.0292. The summed E-state index contributed by atoms with van der Waals surface area (Å²) in [6, 6.07) is 7.32. The topological polar surface area (TPSA) is 105 Å². The molecule has 0 unspecified atom stereocenters. The SMILES string of the molecule is CC(=O)NC[C@H]1CN(c2ccc(C#Cc3cc4c(c(C(=O)O)c3)OCC4)c(F)c2)C(=O)O1. The van der Waals surface area contributed by atoms with Gasteiger partial charge in [0, 0.05) is 18.9 Å². The zero-order chi connectivity index (χ0) is 22.8. The molecule has 4 rings (SSSR count). The van der Waals surface area contributed by atoms with Gasteiger partial charge >= 0.3 is 12.1 Å². The van der Waals surface area contributed by atoms with Gasteiger partial charge < -0.3 is 19.9 Å². The second kappa shape index (κ2) is 8.59. The lowest BCUT2D eigenvalue weighted by Gasteiger charge is -2.13. The predicted octanol–water partition coefficient (Wildman–Crippen LogP) is 2.32. The van der Waals surface area contributed by atoms with Crippen molar-refractivity contribution in [2.24, 2.45) is 0 Å². The molecule has 2 aliphatic rings. The molecule has 2 aromatic rings. The predicted molar refractivity (Wildman–Crippen MR) is 111 cm³/mol. The van der Waals surface area contributed by atoms with Crippen molar-refractivity contribution in [1.82, 2.24) is 5.32 Å². The third kappa shape index (κ3) is 4.34. The smallest absolute Gasteiger partial charge is 0.414 e. The summed E-state index contributed by atoms with van der Waals surface area (Å²) in [7, 11) is 0. The number of cyclic esters (lactones) is 1. The molecule has 164 valence electrons. The van der Waals surface area contributed by atoms with Crippen LogP contribution in [0.15, 0.2) is 30.3 Å². The molecule has 2 N–H and O–H groups in total. The number of carboxylic acid groups (broad SMARTS) is 1. The Bertz CT molecular complexity index is 1180. The lowest BCUT2D eigenvalue weighted by atomic mass is 10.0. The molecular weight excluding hydrogens is 419 g/mol. The van der Waals surface area contributed by atoms with Crippen LogP contribution in [0.1, 0.15) is 34.0 Å². The molecule has 2 aliphatic heterocycles. The minimum atomic E-state index is -1.11. The van der Waals surface area contributed by atoms with E-state index in [2.05, 4.69) is 17.2 Å². The highest BCUT2D eigenvalue weighted by molar-refractivity contribution is 5.92. The van der Waals surface area contributed by atoms with Crippen LogP contribution in [0.4, 0.5) is 14.9 Å². The van der Waals surface area contributed by atoms with Gasteiger partial charge in [-0.15, -0.1) is 0 Å². The number of hydrogen-bond acceptors (Lipinski definition) is 5. The summed E-state index contributed by atoms with van der Waals surface area (Å²) < 4.78 is 25.2. The number of aromatic carboxylic acids is 1. The molecule has 2 amide bonds. The van der Waals surface area contributed by atoms with E-state index in [9.17, 15) is 23.9 Å². The van der Waals surface area contributed by atoms with Gasteiger partial charge in [-0.3, -0.25) is 9.69 Å². The van der Waals surface area contributed by atoms with Crippen LogP contribution in [0.3, 0.4) is 0 Å². The number of benzene rings is 2. The van der Waals surface area contributed by atoms with Crippen LogP contribution in [0.2, 0.25) is 0 Å². The van der Waals surface area contributed by atoms with E-state index in [1.807, 2.05) is 0 Å². The monoisotopic (exact) mass is 438 g/mol. The first-order valence-corrected chi connectivity index (χ1v) is 9.89. The van der Waals surface area contributed by atoms with E-state index in [1.165, 1.54) is 30.0 Å². The van der Waals surface area contributed by atoms with E-state index in [0.717, 1.165) is 5.56 Å². The molecule has 0 spiro atoms. The fraction of sp³-hybridized carbons (Fsp3) is 0.261. The maximum Gasteiger partial charge on any atom is 0.414 e. The number of nitrogens with zero attached hydrogens (tertiary/aromatic N) is 1. The van der Waals surface area contributed by atoms with Gasteiger partial charge in [0.25, 0.3) is 0 Å². The maximum absolute atomic E-state index is 14.7. The molecular formula is C23H19FN2O6. The van der Waals surface area contributed by atoms with Crippen molar-refractivity contribution < 1.29 is 33.4 Å². The summed E-state index contributed by atoms with van der Waals surface area (Å²) >= 11 is 0. The normalized spacial score (nSPS) is 16.5. The lowest BCUT2D eigenvalue weighted by molar-refractivity contribution is -0.119. The van der Waals surface area contributed by atoms with Crippen LogP contribution in [-0.2, 0) is 16.0 Å². The van der Waals surface area contributed by atoms with E-state index in [4.69, 9.17) is 9.47 Å². The average Bonchev–Trinajstić information content (AvgIpc) is 3.36. The van der Waals surface area contributed by atoms with Gasteiger partial charge in [-0.25, -0.2) is 14.0 Å². The maximum atomic E-state index is 14.7. The molecule has 8 nitrogen and oxygen atoms in total. The van der Waals surface area contributed by atoms with Crippen molar-refractivity contribution in [3.63, 3.8) is 0 Å². The Hall–Kier alpha value is -4.06. The average molecular weight is 438 g/mol. The Morgan fingerprint density at radius 3 is 2.81 bits per heavy atom. The first-order valence-electron chi connectivity index (χ1n) is 9.89. The summed E-state index contributed by atoms with van der Waals surface area (Å²) in [4.78, 5) is 35.9. The van der Waals surface area contributed by atoms with Gasteiger partial charge in [0.05, 0.1) is 30.9 Å². The van der Waals surface area contributed by atoms with E-state index < -0.39 is 24.0 Å². The first-order chi connectivity index (χ1) is 15.3. The van der Waals surface area contributed by atoms with Crippen molar-refractivity contribution in [2.45, 2.75) is 19.4 Å². The van der Waals surface area contributed by atoms with E-state index >= 15 is 0 Å². The molecule has 0 bridgehead atoms. The summed E-state index contributed by atoms with van der Waals surface area (Å²) in [6.45, 7) is 2.13. The number of fused-ring (bicyclic) bond motifs is 1. The second-order valence-electron chi connectivity index (χ2n) is 7.38. The number of carbonyl (C=O) groups is 3. The van der Waals surface area contributed by atoms with Crippen molar-refractivity contribution in [1.29, 1.82) is 0 Å². The largest absolute Gasteiger partial charge is 0.492 e. The molecule has 2 aromatic carbocycles. The van der Waals surface area contributed by atoms with Crippen molar-refractivity contribution in [3.8, 4) is 17.6 Å². The molecule has 0 saturated carbocycles. The van der Waals surface area contributed by atoms with E-state index in [1.54, 1.807) is 12.1 Å². The molecule has 1 fully saturated rings. The van der Waals surface area contributed by atoms with Gasteiger partial charge in [0.15, 0.2) is 0 Å². The second-order valence-corrected chi connectivity index (χ2v) is 7.38. The van der Waals surface area contributed by atoms with E-state index in [0.29, 0.717) is 30.0 Å². The number of halogens is 1. The standard InChI is InChI=1S/C23H19FN2O6/c1-13(27)25-11-18-12-26(23(30)32-18)17-5-4-15(20(24)10-17)3-2-14-8-16-6-7-31-21(16)19(9-14)22(28)29/h4-5,8-10,18H,6-7,11-12H2,1H3,(H,25,27)(H,28,29)/t18-/m0/s1. The Labute approximate surface area is 182 Å². The number of carboxylic acids is 1. The van der Waals surface area contributed by atoms with Crippen LogP contribution in [0, 0.1) is 17.7 Å². The number of nitrogens with one attached hydrogen (secondary N) is 1. The third-order valence-corrected chi connectivity index (χ3v) is 5.07. The Morgan fingerprint density at radius 2 is 2.09 bits per heavy atom. The third-order valence-electron chi connectivity index (χ3n) is 5.07. The minimum Gasteiger partial charge on any atom is -0.492 e. The van der Waals surface area contributed by atoms with Gasteiger partial charge in [-0.2, -0.15) is 0 Å². The number of carbonyl (C=O) groups excluding carboxylic acids is 2. The van der Waals surface area contributed by atoms with Gasteiger partial charge in [-0.1, -0.05) is 11.8 Å². The Kier molecular flexibility index (Phi) is 5.69. The zero-order valence-electron chi connectivity index (χ0n) is 17.1. The summed E-state index contributed by atoms with van der Waals surface area (Å²) in [5.74, 6) is 3.90. The molecule has 0 aliphatic carbocycles. The molecule has 1 saturated heterocycles. The van der Waals surface area contributed by atoms with Crippen molar-refractivity contribution in [2.75, 3.05) is 24.6 Å². The van der Waals surface area contributed by atoms with Crippen molar-refractivity contribution in [3.05, 3.63) is 58.4 Å². The van der Waals surface area contributed by atoms with Crippen LogP contribution in [0.25, 0.3) is 0 Å². The summed E-state index contributed by atoms with van der Waals surface area (Å²) in [5.41, 5.74) is 1.64.